The van der Waals surface area contributed by atoms with E-state index >= 15 is 0 Å². The summed E-state index contributed by atoms with van der Waals surface area (Å²) in [6.45, 7) is 0.150. The summed E-state index contributed by atoms with van der Waals surface area (Å²) in [6, 6.07) is 78.7. The predicted octanol–water partition coefficient (Wildman–Crippen LogP) is 8.60. The third-order valence-corrected chi connectivity index (χ3v) is 13.5. The highest BCUT2D eigenvalue weighted by Gasteiger charge is 2.54. The lowest BCUT2D eigenvalue weighted by Gasteiger charge is -2.50. The topological polar surface area (TPSA) is 14.2 Å². The summed E-state index contributed by atoms with van der Waals surface area (Å²) in [4.78, 5) is 0. The minimum absolute atomic E-state index is 0.0616. The molecule has 59 heavy (non-hydrogen) atoms. The predicted molar refractivity (Wildman–Crippen MR) is 247 cm³/mol. The summed E-state index contributed by atoms with van der Waals surface area (Å²) in [7, 11) is 0. The van der Waals surface area contributed by atoms with E-state index in [1.54, 1.807) is 0 Å². The molecule has 3 aliphatic heterocycles. The molecule has 0 fully saturated rings. The molecule has 0 radical (unpaired) electrons. The van der Waals surface area contributed by atoms with E-state index in [-0.39, 0.29) is 13.4 Å². The van der Waals surface area contributed by atoms with Gasteiger partial charge in [0.25, 0.3) is 6.71 Å². The van der Waals surface area contributed by atoms with Crippen molar-refractivity contribution in [2.45, 2.75) is 5.41 Å². The Morgan fingerprint density at radius 3 is 1.64 bits per heavy atom. The minimum Gasteiger partial charge on any atom is -0.458 e. The van der Waals surface area contributed by atoms with Gasteiger partial charge < -0.3 is 9.30 Å². The molecule has 4 heteroatoms. The van der Waals surface area contributed by atoms with Crippen molar-refractivity contribution in [3.05, 3.63) is 235 Å². The number of hydrogen-bond acceptors (Lipinski definition) is 1. The molecule has 10 aromatic rings. The third-order valence-electron chi connectivity index (χ3n) is 13.5. The molecule has 4 heterocycles. The van der Waals surface area contributed by atoms with E-state index in [4.69, 9.17) is 4.74 Å². The van der Waals surface area contributed by atoms with E-state index < -0.39 is 5.41 Å². The monoisotopic (exact) mass is 747 g/mol. The molecule has 0 bridgehead atoms. The molecule has 9 aromatic carbocycles. The molecule has 0 atom stereocenters. The van der Waals surface area contributed by atoms with Crippen molar-refractivity contribution in [2.24, 2.45) is 0 Å². The van der Waals surface area contributed by atoms with Crippen LogP contribution >= 0.6 is 0 Å². The van der Waals surface area contributed by atoms with Crippen LogP contribution in [-0.2, 0) is 5.41 Å². The van der Waals surface area contributed by atoms with Crippen molar-refractivity contribution >= 4 is 68.0 Å². The lowest BCUT2D eigenvalue weighted by Crippen LogP contribution is -2.68. The van der Waals surface area contributed by atoms with Crippen molar-refractivity contribution in [3.8, 4) is 28.3 Å². The molecular weight excluding hydrogens is 712 g/mol. The molecule has 272 valence electrons. The molecule has 0 amide bonds. The number of rotatable bonds is 3. The zero-order chi connectivity index (χ0) is 38.7. The molecular formula is C55H35B2NO. The van der Waals surface area contributed by atoms with Crippen LogP contribution in [0.15, 0.2) is 212 Å². The fraction of sp³-hybridized carbons (Fsp3) is 0.0182. The van der Waals surface area contributed by atoms with E-state index in [0.717, 1.165) is 11.5 Å². The normalized spacial score (nSPS) is 14.0. The molecule has 3 aliphatic rings. The van der Waals surface area contributed by atoms with Crippen molar-refractivity contribution in [3.63, 3.8) is 0 Å². The van der Waals surface area contributed by atoms with Crippen LogP contribution in [-0.4, -0.2) is 18.0 Å². The zero-order valence-corrected chi connectivity index (χ0v) is 32.2. The van der Waals surface area contributed by atoms with E-state index in [1.807, 2.05) is 0 Å². The lowest BCUT2D eigenvalue weighted by atomic mass is 9.26. The first-order chi connectivity index (χ1) is 29.3. The van der Waals surface area contributed by atoms with E-state index in [9.17, 15) is 0 Å². The maximum Gasteiger partial charge on any atom is 0.251 e. The highest BCUT2D eigenvalue weighted by Crippen LogP contribution is 2.48. The van der Waals surface area contributed by atoms with Crippen molar-refractivity contribution in [1.29, 1.82) is 0 Å². The largest absolute Gasteiger partial charge is 0.458 e. The van der Waals surface area contributed by atoms with E-state index in [0.29, 0.717) is 0 Å². The molecule has 2 nitrogen and oxygen atoms in total. The first kappa shape index (κ1) is 32.8. The highest BCUT2D eigenvalue weighted by atomic mass is 16.5. The molecule has 1 aromatic heterocycles. The molecule has 0 saturated heterocycles. The summed E-state index contributed by atoms with van der Waals surface area (Å²) in [5.74, 6) is 1.90. The first-order valence-electron chi connectivity index (χ1n) is 20.7. The highest BCUT2D eigenvalue weighted by molar-refractivity contribution is 6.99. The second-order valence-electron chi connectivity index (χ2n) is 16.3. The number of para-hydroxylation sites is 3. The minimum atomic E-state index is -0.523. The van der Waals surface area contributed by atoms with Crippen LogP contribution in [0.5, 0.6) is 11.5 Å². The smallest absolute Gasteiger partial charge is 0.251 e. The van der Waals surface area contributed by atoms with Crippen molar-refractivity contribution in [2.75, 3.05) is 0 Å². The van der Waals surface area contributed by atoms with Gasteiger partial charge in [0.2, 0.25) is 6.71 Å². The number of benzene rings is 9. The quantitative estimate of drug-likeness (QED) is 0.165. The van der Waals surface area contributed by atoms with Gasteiger partial charge in [0, 0.05) is 16.5 Å². The van der Waals surface area contributed by atoms with Crippen molar-refractivity contribution in [1.82, 2.24) is 4.57 Å². The van der Waals surface area contributed by atoms with Gasteiger partial charge in [-0.15, -0.1) is 0 Å². The summed E-state index contributed by atoms with van der Waals surface area (Å²) < 4.78 is 9.15. The van der Waals surface area contributed by atoms with Crippen LogP contribution in [0.3, 0.4) is 0 Å². The fourth-order valence-corrected chi connectivity index (χ4v) is 11.2. The van der Waals surface area contributed by atoms with Gasteiger partial charge in [-0.05, 0) is 80.7 Å². The van der Waals surface area contributed by atoms with Gasteiger partial charge in [-0.1, -0.05) is 198 Å². The average molecular weight is 748 g/mol. The fourth-order valence-electron chi connectivity index (χ4n) is 11.2. The van der Waals surface area contributed by atoms with Gasteiger partial charge in [0.1, 0.15) is 11.5 Å². The number of nitrogens with zero attached hydrogens (tertiary/aromatic N) is 1. The second-order valence-corrected chi connectivity index (χ2v) is 16.3. The van der Waals surface area contributed by atoms with Crippen LogP contribution in [0.2, 0.25) is 0 Å². The number of hydrogen-bond donors (Lipinski definition) is 0. The number of fused-ring (bicyclic) bond motifs is 13. The average Bonchev–Trinajstić information content (AvgIpc) is 3.64. The Hall–Kier alpha value is -7.29. The third kappa shape index (κ3) is 4.43. The molecule has 0 unspecified atom stereocenters. The van der Waals surface area contributed by atoms with Crippen LogP contribution in [0.4, 0.5) is 0 Å². The Morgan fingerprint density at radius 2 is 0.915 bits per heavy atom. The van der Waals surface area contributed by atoms with Gasteiger partial charge in [0.05, 0.1) is 16.4 Å². The van der Waals surface area contributed by atoms with Crippen LogP contribution in [0.1, 0.15) is 22.3 Å². The first-order valence-corrected chi connectivity index (χ1v) is 20.7. The lowest BCUT2D eigenvalue weighted by molar-refractivity contribution is 0.486. The standard InChI is InChI=1S/C55H35B2NO/c1-2-15-39(16-3-1)58-50-26-12-4-17-40(50)41-34-31-37(35-51(41)58)36-29-32-38(33-30-36)56-46-22-8-5-18-42(46)55(43-19-6-9-23-47(43)56)44-20-7-10-24-48(44)57-49-25-11-13-27-52(49)59-53-28-14-21-45(55)54(53)57/h1-35H. The molecule has 0 N–H and O–H groups in total. The molecule has 13 rings (SSSR count). The number of ether oxygens (including phenoxy) is 1. The van der Waals surface area contributed by atoms with Gasteiger partial charge in [-0.3, -0.25) is 0 Å². The molecule has 1 spiro atoms. The molecule has 0 saturated carbocycles. The van der Waals surface area contributed by atoms with Crippen molar-refractivity contribution < 1.29 is 4.74 Å². The second kappa shape index (κ2) is 12.4. The molecule has 0 aliphatic carbocycles. The van der Waals surface area contributed by atoms with Gasteiger partial charge in [0.15, 0.2) is 0 Å². The Kier molecular flexibility index (Phi) is 6.86. The van der Waals surface area contributed by atoms with Crippen LogP contribution < -0.4 is 37.5 Å². The number of aromatic nitrogens is 1. The Bertz CT molecular complexity index is 3280. The maximum absolute atomic E-state index is 6.75. The van der Waals surface area contributed by atoms with Crippen LogP contribution in [0.25, 0.3) is 38.6 Å². The zero-order valence-electron chi connectivity index (χ0n) is 32.2. The Balaban J connectivity index is 0.986. The van der Waals surface area contributed by atoms with Gasteiger partial charge in [-0.25, -0.2) is 0 Å². The summed E-state index contributed by atoms with van der Waals surface area (Å²) in [5, 5.41) is 2.53. The van der Waals surface area contributed by atoms with E-state index in [1.165, 1.54) is 93.7 Å². The summed E-state index contributed by atoms with van der Waals surface area (Å²) in [6.07, 6.45) is 0. The van der Waals surface area contributed by atoms with Gasteiger partial charge >= 0.3 is 0 Å². The van der Waals surface area contributed by atoms with Gasteiger partial charge in [-0.2, -0.15) is 0 Å². The Morgan fingerprint density at radius 1 is 0.373 bits per heavy atom. The Labute approximate surface area is 344 Å². The van der Waals surface area contributed by atoms with E-state index in [2.05, 4.69) is 217 Å². The summed E-state index contributed by atoms with van der Waals surface area (Å²) >= 11 is 0. The van der Waals surface area contributed by atoms with Crippen LogP contribution in [0, 0.1) is 0 Å². The maximum atomic E-state index is 6.75. The summed E-state index contributed by atoms with van der Waals surface area (Å²) in [5.41, 5.74) is 18.7. The SMILES string of the molecule is c1ccc(-n2c3ccccc3c3ccc(-c4ccc(B5c6ccccc6C6(c7ccccc75)c5ccccc5B5c7ccccc7Oc7cccc6c75)cc4)cc32)cc1.